The van der Waals surface area contributed by atoms with Gasteiger partial charge < -0.3 is 10.1 Å². The number of nitrogens with one attached hydrogen (secondary N) is 1. The van der Waals surface area contributed by atoms with Crippen molar-refractivity contribution in [1.82, 2.24) is 5.32 Å². The molecule has 1 aliphatic heterocycles. The molecule has 0 bridgehead atoms. The van der Waals surface area contributed by atoms with Gasteiger partial charge in [0.25, 0.3) is 0 Å². The molecule has 0 saturated heterocycles. The van der Waals surface area contributed by atoms with E-state index >= 15 is 0 Å². The smallest absolute Gasteiger partial charge is 0.122 e. The molecule has 110 valence electrons. The van der Waals surface area contributed by atoms with Crippen molar-refractivity contribution in [2.45, 2.75) is 25.3 Å². The number of fused-ring (bicyclic) bond motifs is 1. The number of benzene rings is 2. The lowest BCUT2D eigenvalue weighted by molar-refractivity contribution is 0.357. The Balaban J connectivity index is 1.45. The molecule has 3 rings (SSSR count). The van der Waals surface area contributed by atoms with Crippen molar-refractivity contribution in [3.05, 3.63) is 64.7 Å². The van der Waals surface area contributed by atoms with Gasteiger partial charge in [-0.1, -0.05) is 36.4 Å². The summed E-state index contributed by atoms with van der Waals surface area (Å²) in [7, 11) is 0. The molecule has 0 atom stereocenters. The summed E-state index contributed by atoms with van der Waals surface area (Å²) >= 11 is 5.79. The van der Waals surface area contributed by atoms with Gasteiger partial charge in [0, 0.05) is 18.8 Å². The number of rotatable bonds is 6. The minimum Gasteiger partial charge on any atom is -0.493 e. The summed E-state index contributed by atoms with van der Waals surface area (Å²) in [5.41, 5.74) is 5.19. The van der Waals surface area contributed by atoms with E-state index in [1.54, 1.807) is 0 Å². The maximum atomic E-state index is 5.79. The second-order valence-corrected chi connectivity index (χ2v) is 5.68. The molecule has 0 unspecified atom stereocenters. The van der Waals surface area contributed by atoms with Crippen LogP contribution in [0.25, 0.3) is 0 Å². The van der Waals surface area contributed by atoms with Crippen molar-refractivity contribution < 1.29 is 4.74 Å². The first kappa shape index (κ1) is 14.4. The van der Waals surface area contributed by atoms with Gasteiger partial charge in [0.15, 0.2) is 0 Å². The van der Waals surface area contributed by atoms with Crippen LogP contribution >= 0.6 is 11.6 Å². The molecule has 0 aliphatic carbocycles. The van der Waals surface area contributed by atoms with Crippen LogP contribution < -0.4 is 10.1 Å². The van der Waals surface area contributed by atoms with E-state index in [1.807, 2.05) is 0 Å². The predicted molar refractivity (Wildman–Crippen MR) is 87.1 cm³/mol. The zero-order chi connectivity index (χ0) is 14.5. The Hall–Kier alpha value is -1.51. The third-order valence-electron chi connectivity index (χ3n) is 3.85. The van der Waals surface area contributed by atoms with Gasteiger partial charge in [-0.3, -0.25) is 0 Å². The Morgan fingerprint density at radius 2 is 1.76 bits per heavy atom. The standard InChI is InChI=1S/C18H20ClNO/c19-12-15-1-3-16(4-2-15)13-20-9-7-14-5-6-18-17(11-14)8-10-21-18/h1-6,11,20H,7-10,12-13H2. The summed E-state index contributed by atoms with van der Waals surface area (Å²) in [6, 6.07) is 15.0. The van der Waals surface area contributed by atoms with Crippen molar-refractivity contribution in [3.8, 4) is 5.75 Å². The van der Waals surface area contributed by atoms with Crippen LogP contribution in [0.1, 0.15) is 22.3 Å². The highest BCUT2D eigenvalue weighted by Gasteiger charge is 2.11. The van der Waals surface area contributed by atoms with E-state index in [4.69, 9.17) is 16.3 Å². The van der Waals surface area contributed by atoms with Crippen LogP contribution in [0, 0.1) is 0 Å². The fourth-order valence-electron chi connectivity index (χ4n) is 2.61. The van der Waals surface area contributed by atoms with Crippen LogP contribution in [0.5, 0.6) is 5.75 Å². The lowest BCUT2D eigenvalue weighted by Crippen LogP contribution is -2.16. The SMILES string of the molecule is ClCc1ccc(CNCCc2ccc3c(c2)CCO3)cc1. The molecule has 0 saturated carbocycles. The maximum absolute atomic E-state index is 5.79. The van der Waals surface area contributed by atoms with Crippen LogP contribution in [-0.2, 0) is 25.3 Å². The molecule has 0 aromatic heterocycles. The van der Waals surface area contributed by atoms with Crippen LogP contribution in [0.3, 0.4) is 0 Å². The molecule has 1 aliphatic rings. The Bertz CT molecular complexity index is 595. The molecule has 2 aromatic rings. The van der Waals surface area contributed by atoms with Gasteiger partial charge in [0.05, 0.1) is 6.61 Å². The molecule has 21 heavy (non-hydrogen) atoms. The summed E-state index contributed by atoms with van der Waals surface area (Å²) in [5.74, 6) is 1.64. The van der Waals surface area contributed by atoms with E-state index in [1.165, 1.54) is 22.3 Å². The zero-order valence-corrected chi connectivity index (χ0v) is 12.8. The van der Waals surface area contributed by atoms with E-state index in [9.17, 15) is 0 Å². The van der Waals surface area contributed by atoms with Crippen LogP contribution in [-0.4, -0.2) is 13.2 Å². The molecule has 1 N–H and O–H groups in total. The van der Waals surface area contributed by atoms with Crippen molar-refractivity contribution in [3.63, 3.8) is 0 Å². The van der Waals surface area contributed by atoms with E-state index in [-0.39, 0.29) is 0 Å². The highest BCUT2D eigenvalue weighted by Crippen LogP contribution is 2.25. The second-order valence-electron chi connectivity index (χ2n) is 5.42. The number of alkyl halides is 1. The number of hydrogen-bond donors (Lipinski definition) is 1. The Morgan fingerprint density at radius 1 is 1.00 bits per heavy atom. The summed E-state index contributed by atoms with van der Waals surface area (Å²) in [4.78, 5) is 0. The molecule has 2 nitrogen and oxygen atoms in total. The number of hydrogen-bond acceptors (Lipinski definition) is 2. The quantitative estimate of drug-likeness (QED) is 0.649. The topological polar surface area (TPSA) is 21.3 Å². The van der Waals surface area contributed by atoms with Crippen molar-refractivity contribution >= 4 is 11.6 Å². The Labute approximate surface area is 131 Å². The van der Waals surface area contributed by atoms with E-state index < -0.39 is 0 Å². The third kappa shape index (κ3) is 3.78. The number of halogens is 1. The fourth-order valence-corrected chi connectivity index (χ4v) is 2.79. The molecule has 0 radical (unpaired) electrons. The molecule has 2 aromatic carbocycles. The largest absolute Gasteiger partial charge is 0.493 e. The average molecular weight is 302 g/mol. The minimum absolute atomic E-state index is 0.579. The van der Waals surface area contributed by atoms with Crippen molar-refractivity contribution in [2.75, 3.05) is 13.2 Å². The molecular weight excluding hydrogens is 282 g/mol. The zero-order valence-electron chi connectivity index (χ0n) is 12.1. The normalized spacial score (nSPS) is 13.0. The molecule has 0 amide bonds. The van der Waals surface area contributed by atoms with Gasteiger partial charge in [-0.05, 0) is 41.3 Å². The lowest BCUT2D eigenvalue weighted by Gasteiger charge is -2.07. The second kappa shape index (κ2) is 6.97. The van der Waals surface area contributed by atoms with Gasteiger partial charge in [-0.25, -0.2) is 0 Å². The lowest BCUT2D eigenvalue weighted by atomic mass is 10.1. The van der Waals surface area contributed by atoms with Gasteiger partial charge in [0.2, 0.25) is 0 Å². The summed E-state index contributed by atoms with van der Waals surface area (Å²) < 4.78 is 5.53. The summed E-state index contributed by atoms with van der Waals surface area (Å²) in [6.45, 7) is 2.71. The molecule has 0 fully saturated rings. The highest BCUT2D eigenvalue weighted by atomic mass is 35.5. The molecular formula is C18H20ClNO. The van der Waals surface area contributed by atoms with Crippen LogP contribution in [0.4, 0.5) is 0 Å². The van der Waals surface area contributed by atoms with Crippen molar-refractivity contribution in [2.24, 2.45) is 0 Å². The van der Waals surface area contributed by atoms with Gasteiger partial charge >= 0.3 is 0 Å². The van der Waals surface area contributed by atoms with E-state index in [0.29, 0.717) is 5.88 Å². The van der Waals surface area contributed by atoms with Gasteiger partial charge in [0.1, 0.15) is 5.75 Å². The first-order valence-electron chi connectivity index (χ1n) is 7.44. The van der Waals surface area contributed by atoms with Crippen LogP contribution in [0.2, 0.25) is 0 Å². The summed E-state index contributed by atoms with van der Waals surface area (Å²) in [6.07, 6.45) is 2.09. The Kier molecular flexibility index (Phi) is 4.79. The molecule has 0 spiro atoms. The molecule has 3 heteroatoms. The monoisotopic (exact) mass is 301 g/mol. The first-order chi connectivity index (χ1) is 10.3. The fraction of sp³-hybridized carbons (Fsp3) is 0.333. The third-order valence-corrected chi connectivity index (χ3v) is 4.16. The van der Waals surface area contributed by atoms with Crippen LogP contribution in [0.15, 0.2) is 42.5 Å². The number of ether oxygens (including phenoxy) is 1. The van der Waals surface area contributed by atoms with Gasteiger partial charge in [-0.15, -0.1) is 11.6 Å². The predicted octanol–water partition coefficient (Wildman–Crippen LogP) is 3.69. The minimum atomic E-state index is 0.579. The van der Waals surface area contributed by atoms with Crippen molar-refractivity contribution in [1.29, 1.82) is 0 Å². The van der Waals surface area contributed by atoms with E-state index in [0.717, 1.165) is 38.3 Å². The average Bonchev–Trinajstić information content (AvgIpc) is 3.00. The van der Waals surface area contributed by atoms with Gasteiger partial charge in [-0.2, -0.15) is 0 Å². The summed E-state index contributed by atoms with van der Waals surface area (Å²) in [5, 5.41) is 3.49. The maximum Gasteiger partial charge on any atom is 0.122 e. The Morgan fingerprint density at radius 3 is 2.57 bits per heavy atom. The highest BCUT2D eigenvalue weighted by molar-refractivity contribution is 6.17. The first-order valence-corrected chi connectivity index (χ1v) is 7.98. The molecule has 1 heterocycles. The van der Waals surface area contributed by atoms with E-state index in [2.05, 4.69) is 47.8 Å².